The molecule has 0 saturated heterocycles. The van der Waals surface area contributed by atoms with Crippen molar-refractivity contribution in [2.24, 2.45) is 5.92 Å². The number of nitrogens with zero attached hydrogens (tertiary/aromatic N) is 2. The van der Waals surface area contributed by atoms with Crippen LogP contribution in [0.4, 0.5) is 0 Å². The lowest BCUT2D eigenvalue weighted by Crippen LogP contribution is -2.41. The zero-order valence-electron chi connectivity index (χ0n) is 13.8. The van der Waals surface area contributed by atoms with Crippen LogP contribution in [0.25, 0.3) is 11.5 Å². The number of carbonyl (C=O) groups is 1. The summed E-state index contributed by atoms with van der Waals surface area (Å²) in [5.41, 5.74) is 0.617. The van der Waals surface area contributed by atoms with E-state index in [1.54, 1.807) is 18.2 Å². The Morgan fingerprint density at radius 2 is 2.12 bits per heavy atom. The molecule has 1 aliphatic carbocycles. The highest BCUT2D eigenvalue weighted by Crippen LogP contribution is 2.31. The molecule has 0 radical (unpaired) electrons. The van der Waals surface area contributed by atoms with Crippen molar-refractivity contribution in [2.75, 3.05) is 5.75 Å². The molecule has 1 aromatic heterocycles. The number of carbonyl (C=O) groups excluding carboxylic acids is 1. The van der Waals surface area contributed by atoms with E-state index in [4.69, 9.17) is 27.6 Å². The van der Waals surface area contributed by atoms with E-state index in [0.29, 0.717) is 32.6 Å². The van der Waals surface area contributed by atoms with E-state index in [-0.39, 0.29) is 17.7 Å². The van der Waals surface area contributed by atoms with E-state index in [9.17, 15) is 4.79 Å². The Morgan fingerprint density at radius 3 is 2.88 bits per heavy atom. The molecular formula is C17H19Cl2N3O2S. The van der Waals surface area contributed by atoms with Gasteiger partial charge in [0, 0.05) is 11.1 Å². The Labute approximate surface area is 160 Å². The lowest BCUT2D eigenvalue weighted by atomic mass is 9.86. The number of benzene rings is 1. The van der Waals surface area contributed by atoms with Crippen LogP contribution in [0.15, 0.2) is 27.8 Å². The molecule has 0 aliphatic heterocycles. The first-order valence-corrected chi connectivity index (χ1v) is 9.98. The summed E-state index contributed by atoms with van der Waals surface area (Å²) in [4.78, 5) is 12.1. The smallest absolute Gasteiger partial charge is 0.277 e. The molecule has 0 unspecified atom stereocenters. The van der Waals surface area contributed by atoms with Gasteiger partial charge in [-0.3, -0.25) is 4.79 Å². The number of aromatic nitrogens is 2. The molecule has 1 aliphatic rings. The van der Waals surface area contributed by atoms with E-state index < -0.39 is 0 Å². The van der Waals surface area contributed by atoms with Crippen molar-refractivity contribution in [1.29, 1.82) is 0 Å². The van der Waals surface area contributed by atoms with Crippen molar-refractivity contribution in [3.63, 3.8) is 0 Å². The van der Waals surface area contributed by atoms with Crippen molar-refractivity contribution in [1.82, 2.24) is 15.5 Å². The molecule has 1 fully saturated rings. The fourth-order valence-corrected chi connectivity index (χ4v) is 4.01. The highest BCUT2D eigenvalue weighted by molar-refractivity contribution is 7.99. The first-order valence-electron chi connectivity index (χ1n) is 8.24. The predicted octanol–water partition coefficient (Wildman–Crippen LogP) is 4.83. The van der Waals surface area contributed by atoms with E-state index >= 15 is 0 Å². The van der Waals surface area contributed by atoms with Gasteiger partial charge in [-0.1, -0.05) is 54.7 Å². The zero-order chi connectivity index (χ0) is 17.8. The number of rotatable bonds is 5. The van der Waals surface area contributed by atoms with Crippen molar-refractivity contribution < 1.29 is 9.21 Å². The molecule has 1 aromatic carbocycles. The van der Waals surface area contributed by atoms with Crippen LogP contribution in [-0.4, -0.2) is 27.9 Å². The van der Waals surface area contributed by atoms with Crippen LogP contribution in [-0.2, 0) is 4.79 Å². The van der Waals surface area contributed by atoms with Gasteiger partial charge >= 0.3 is 0 Å². The minimum Gasteiger partial charge on any atom is -0.411 e. The van der Waals surface area contributed by atoms with E-state index in [1.165, 1.54) is 31.0 Å². The van der Waals surface area contributed by atoms with Crippen molar-refractivity contribution in [3.8, 4) is 11.5 Å². The molecule has 3 rings (SSSR count). The summed E-state index contributed by atoms with van der Waals surface area (Å²) in [7, 11) is 0. The normalized spacial score (nSPS) is 20.4. The van der Waals surface area contributed by atoms with Gasteiger partial charge in [-0.05, 0) is 37.0 Å². The number of halogens is 2. The highest BCUT2D eigenvalue weighted by Gasteiger charge is 2.23. The molecular weight excluding hydrogens is 381 g/mol. The van der Waals surface area contributed by atoms with Gasteiger partial charge < -0.3 is 9.73 Å². The summed E-state index contributed by atoms with van der Waals surface area (Å²) in [6.07, 6.45) is 4.65. The van der Waals surface area contributed by atoms with Crippen LogP contribution in [0.5, 0.6) is 0 Å². The second kappa shape index (κ2) is 8.43. The SMILES string of the molecule is C[C@@H]1CCCC[C@H]1NC(=O)CSc1nnc(-c2ccc(Cl)cc2Cl)o1. The molecule has 1 heterocycles. The first-order chi connectivity index (χ1) is 12.0. The van der Waals surface area contributed by atoms with E-state index in [0.717, 1.165) is 6.42 Å². The summed E-state index contributed by atoms with van der Waals surface area (Å²) in [5, 5.41) is 12.4. The first kappa shape index (κ1) is 18.5. The topological polar surface area (TPSA) is 68.0 Å². The molecule has 2 atom stereocenters. The minimum atomic E-state index is -0.00646. The van der Waals surface area contributed by atoms with Crippen molar-refractivity contribution in [2.45, 2.75) is 43.9 Å². The largest absolute Gasteiger partial charge is 0.411 e. The van der Waals surface area contributed by atoms with Gasteiger partial charge in [0.05, 0.1) is 16.3 Å². The average Bonchev–Trinajstić information content (AvgIpc) is 3.04. The maximum absolute atomic E-state index is 12.1. The standard InChI is InChI=1S/C17H19Cl2N3O2S/c1-10-4-2-3-5-14(10)20-15(23)9-25-17-22-21-16(24-17)12-7-6-11(18)8-13(12)19/h6-8,10,14H,2-5,9H2,1H3,(H,20,23)/t10-,14-/m1/s1. The van der Waals surface area contributed by atoms with E-state index in [1.807, 2.05) is 0 Å². The maximum Gasteiger partial charge on any atom is 0.277 e. The van der Waals surface area contributed by atoms with Gasteiger partial charge in [-0.2, -0.15) is 0 Å². The Hall–Kier alpha value is -1.24. The molecule has 5 nitrogen and oxygen atoms in total. The second-order valence-electron chi connectivity index (χ2n) is 6.22. The Balaban J connectivity index is 1.55. The number of nitrogens with one attached hydrogen (secondary N) is 1. The van der Waals surface area contributed by atoms with Gasteiger partial charge in [0.1, 0.15) is 0 Å². The lowest BCUT2D eigenvalue weighted by Gasteiger charge is -2.29. The number of thioether (sulfide) groups is 1. The lowest BCUT2D eigenvalue weighted by molar-refractivity contribution is -0.119. The predicted molar refractivity (Wildman–Crippen MR) is 100 cm³/mol. The quantitative estimate of drug-likeness (QED) is 0.728. The Kier molecular flexibility index (Phi) is 6.25. The molecule has 1 N–H and O–H groups in total. The summed E-state index contributed by atoms with van der Waals surface area (Å²) >= 11 is 13.2. The Bertz CT molecular complexity index is 753. The number of hydrogen-bond donors (Lipinski definition) is 1. The third kappa shape index (κ3) is 4.90. The van der Waals surface area contributed by atoms with Gasteiger partial charge in [-0.25, -0.2) is 0 Å². The highest BCUT2D eigenvalue weighted by atomic mass is 35.5. The molecule has 1 amide bonds. The fraction of sp³-hybridized carbons (Fsp3) is 0.471. The van der Waals surface area contributed by atoms with Crippen molar-refractivity contribution >= 4 is 40.9 Å². The molecule has 134 valence electrons. The molecule has 2 aromatic rings. The second-order valence-corrected chi connectivity index (χ2v) is 7.99. The van der Waals surface area contributed by atoms with Crippen molar-refractivity contribution in [3.05, 3.63) is 28.2 Å². The molecule has 25 heavy (non-hydrogen) atoms. The average molecular weight is 400 g/mol. The molecule has 1 saturated carbocycles. The van der Waals surface area contributed by atoms with Gasteiger partial charge in [0.2, 0.25) is 11.8 Å². The van der Waals surface area contributed by atoms with Crippen LogP contribution in [0.2, 0.25) is 10.0 Å². The van der Waals surface area contributed by atoms with Gasteiger partial charge in [0.25, 0.3) is 5.22 Å². The summed E-state index contributed by atoms with van der Waals surface area (Å²) < 4.78 is 5.59. The number of hydrogen-bond acceptors (Lipinski definition) is 5. The number of amides is 1. The summed E-state index contributed by atoms with van der Waals surface area (Å²) in [6, 6.07) is 5.32. The monoisotopic (exact) mass is 399 g/mol. The van der Waals surface area contributed by atoms with E-state index in [2.05, 4.69) is 22.4 Å². The molecule has 0 spiro atoms. The minimum absolute atomic E-state index is 0.00646. The zero-order valence-corrected chi connectivity index (χ0v) is 16.1. The third-order valence-corrected chi connectivity index (χ3v) is 5.72. The molecule has 0 bridgehead atoms. The van der Waals surface area contributed by atoms with Gasteiger partial charge in [0.15, 0.2) is 0 Å². The maximum atomic E-state index is 12.1. The molecule has 8 heteroatoms. The van der Waals surface area contributed by atoms with Crippen LogP contribution < -0.4 is 5.32 Å². The Morgan fingerprint density at radius 1 is 1.32 bits per heavy atom. The van der Waals surface area contributed by atoms with Crippen LogP contribution in [0, 0.1) is 5.92 Å². The summed E-state index contributed by atoms with van der Waals surface area (Å²) in [5.74, 6) is 1.09. The van der Waals surface area contributed by atoms with Crippen LogP contribution in [0.3, 0.4) is 0 Å². The third-order valence-electron chi connectivity index (χ3n) is 4.35. The van der Waals surface area contributed by atoms with Crippen LogP contribution in [0.1, 0.15) is 32.6 Å². The fourth-order valence-electron chi connectivity index (χ4n) is 2.95. The van der Waals surface area contributed by atoms with Gasteiger partial charge in [-0.15, -0.1) is 10.2 Å². The van der Waals surface area contributed by atoms with Crippen LogP contribution >= 0.6 is 35.0 Å². The summed E-state index contributed by atoms with van der Waals surface area (Å²) in [6.45, 7) is 2.19.